The fraction of sp³-hybridized carbons (Fsp3) is 0.250. The van der Waals surface area contributed by atoms with Crippen LogP contribution in [0.15, 0.2) is 54.6 Å². The van der Waals surface area contributed by atoms with Gasteiger partial charge in [0, 0.05) is 11.3 Å². The summed E-state index contributed by atoms with van der Waals surface area (Å²) < 4.78 is 10.2. The Labute approximate surface area is 157 Å². The fourth-order valence-corrected chi connectivity index (χ4v) is 2.18. The zero-order valence-corrected chi connectivity index (χ0v) is 15.4. The number of carbonyl (C=O) groups excluding carboxylic acids is 3. The maximum atomic E-state index is 12.2. The summed E-state index contributed by atoms with van der Waals surface area (Å²) in [5.74, 6) is -0.905. The lowest BCUT2D eigenvalue weighted by molar-refractivity contribution is -0.154. The van der Waals surface area contributed by atoms with Crippen LogP contribution in [0.4, 0.5) is 5.69 Å². The van der Waals surface area contributed by atoms with Gasteiger partial charge in [-0.05, 0) is 50.2 Å². The number of rotatable bonds is 7. The third-order valence-corrected chi connectivity index (χ3v) is 3.76. The second-order valence-corrected chi connectivity index (χ2v) is 5.86. The van der Waals surface area contributed by atoms with E-state index in [0.29, 0.717) is 17.0 Å². The number of ether oxygens (including phenoxy) is 2. The minimum absolute atomic E-state index is 0.393. The average molecular weight is 370 g/mol. The molecule has 27 heavy (non-hydrogen) atoms. The molecule has 0 aliphatic heterocycles. The fourth-order valence-electron chi connectivity index (χ4n) is 2.18. The molecule has 0 aromatic heterocycles. The average Bonchev–Trinajstić information content (AvgIpc) is 2.68. The zero-order valence-electron chi connectivity index (χ0n) is 15.4. The van der Waals surface area contributed by atoms with Crippen LogP contribution < -0.4 is 15.4 Å². The molecule has 0 fully saturated rings. The maximum Gasteiger partial charge on any atom is 0.329 e. The number of esters is 1. The first-order valence-electron chi connectivity index (χ1n) is 8.42. The molecule has 2 amide bonds. The van der Waals surface area contributed by atoms with Crippen LogP contribution in [0.1, 0.15) is 24.2 Å². The van der Waals surface area contributed by atoms with Crippen LogP contribution in [0.3, 0.4) is 0 Å². The molecule has 0 saturated carbocycles. The maximum absolute atomic E-state index is 12.2. The Kier molecular flexibility index (Phi) is 6.93. The molecule has 2 aromatic carbocycles. The van der Waals surface area contributed by atoms with E-state index in [-0.39, 0.29) is 0 Å². The summed E-state index contributed by atoms with van der Waals surface area (Å²) in [5, 5.41) is 5.19. The van der Waals surface area contributed by atoms with Crippen molar-refractivity contribution in [3.8, 4) is 5.75 Å². The summed E-state index contributed by atoms with van der Waals surface area (Å²) in [5.41, 5.74) is 0.983. The smallest absolute Gasteiger partial charge is 0.329 e. The number of anilines is 1. The van der Waals surface area contributed by atoms with Gasteiger partial charge in [0.15, 0.2) is 6.10 Å². The molecule has 0 aliphatic carbocycles. The second-order valence-electron chi connectivity index (χ2n) is 5.86. The van der Waals surface area contributed by atoms with E-state index in [0.717, 1.165) is 0 Å². The molecule has 0 aliphatic rings. The predicted octanol–water partition coefficient (Wildman–Crippen LogP) is 2.38. The summed E-state index contributed by atoms with van der Waals surface area (Å²) in [4.78, 5) is 36.4. The standard InChI is InChI=1S/C20H22N2O5/c1-13(21-19(24)15-7-5-4-6-8-15)20(25)27-14(2)18(23)22-16-9-11-17(26-3)12-10-16/h4-14H,1-3H3,(H,21,24)(H,22,23)/t13-,14?/m0/s1. The Balaban J connectivity index is 1.85. The molecule has 2 aromatic rings. The van der Waals surface area contributed by atoms with Gasteiger partial charge in [0.2, 0.25) is 0 Å². The van der Waals surface area contributed by atoms with Gasteiger partial charge in [-0.1, -0.05) is 18.2 Å². The molecule has 2 N–H and O–H groups in total. The first-order valence-corrected chi connectivity index (χ1v) is 8.42. The summed E-state index contributed by atoms with van der Waals surface area (Å²) >= 11 is 0. The summed E-state index contributed by atoms with van der Waals surface area (Å²) in [6, 6.07) is 14.4. The molecule has 1 unspecified atom stereocenters. The topological polar surface area (TPSA) is 93.7 Å². The first kappa shape index (κ1) is 20.0. The number of benzene rings is 2. The number of methoxy groups -OCH3 is 1. The molecular weight excluding hydrogens is 348 g/mol. The van der Waals surface area contributed by atoms with Crippen molar-refractivity contribution in [2.24, 2.45) is 0 Å². The quantitative estimate of drug-likeness (QED) is 0.730. The van der Waals surface area contributed by atoms with Crippen LogP contribution >= 0.6 is 0 Å². The summed E-state index contributed by atoms with van der Waals surface area (Å²) in [7, 11) is 1.55. The van der Waals surface area contributed by atoms with E-state index in [4.69, 9.17) is 9.47 Å². The highest BCUT2D eigenvalue weighted by Crippen LogP contribution is 2.15. The van der Waals surface area contributed by atoms with E-state index in [1.54, 1.807) is 61.7 Å². The van der Waals surface area contributed by atoms with Gasteiger partial charge in [0.25, 0.3) is 11.8 Å². The van der Waals surface area contributed by atoms with Crippen molar-refractivity contribution in [2.45, 2.75) is 26.0 Å². The second kappa shape index (κ2) is 9.38. The van der Waals surface area contributed by atoms with Crippen LogP contribution in [-0.2, 0) is 14.3 Å². The number of hydrogen-bond acceptors (Lipinski definition) is 5. The largest absolute Gasteiger partial charge is 0.497 e. The SMILES string of the molecule is COc1ccc(NC(=O)C(C)OC(=O)[C@H](C)NC(=O)c2ccccc2)cc1. The summed E-state index contributed by atoms with van der Waals surface area (Å²) in [6.07, 6.45) is -1.02. The van der Waals surface area contributed by atoms with Gasteiger partial charge in [-0.2, -0.15) is 0 Å². The van der Waals surface area contributed by atoms with Crippen LogP contribution in [0, 0.1) is 0 Å². The van der Waals surface area contributed by atoms with Crippen LogP contribution in [0.5, 0.6) is 5.75 Å². The van der Waals surface area contributed by atoms with E-state index in [1.165, 1.54) is 13.8 Å². The Morgan fingerprint density at radius 2 is 1.56 bits per heavy atom. The normalized spacial score (nSPS) is 12.4. The van der Waals surface area contributed by atoms with Gasteiger partial charge in [0.1, 0.15) is 11.8 Å². The molecule has 0 bridgehead atoms. The van der Waals surface area contributed by atoms with E-state index >= 15 is 0 Å². The molecule has 7 nitrogen and oxygen atoms in total. The molecule has 0 saturated heterocycles. The van der Waals surface area contributed by atoms with Crippen molar-refractivity contribution in [3.05, 3.63) is 60.2 Å². The molecule has 0 spiro atoms. The lowest BCUT2D eigenvalue weighted by Gasteiger charge is -2.17. The first-order chi connectivity index (χ1) is 12.9. The minimum atomic E-state index is -1.02. The number of carbonyl (C=O) groups is 3. The predicted molar refractivity (Wildman–Crippen MR) is 101 cm³/mol. The van der Waals surface area contributed by atoms with Crippen molar-refractivity contribution in [1.29, 1.82) is 0 Å². The van der Waals surface area contributed by atoms with E-state index < -0.39 is 29.9 Å². The number of amides is 2. The Bertz CT molecular complexity index is 790. The lowest BCUT2D eigenvalue weighted by Crippen LogP contribution is -2.42. The third kappa shape index (κ3) is 5.85. The highest BCUT2D eigenvalue weighted by atomic mass is 16.5. The van der Waals surface area contributed by atoms with Crippen molar-refractivity contribution in [2.75, 3.05) is 12.4 Å². The minimum Gasteiger partial charge on any atom is -0.497 e. The van der Waals surface area contributed by atoms with E-state index in [2.05, 4.69) is 10.6 Å². The molecule has 2 rings (SSSR count). The van der Waals surface area contributed by atoms with Crippen LogP contribution in [0.25, 0.3) is 0 Å². The van der Waals surface area contributed by atoms with Crippen LogP contribution in [-0.4, -0.2) is 37.0 Å². The van der Waals surface area contributed by atoms with Crippen molar-refractivity contribution in [3.63, 3.8) is 0 Å². The lowest BCUT2D eigenvalue weighted by atomic mass is 10.2. The van der Waals surface area contributed by atoms with Crippen molar-refractivity contribution < 1.29 is 23.9 Å². The van der Waals surface area contributed by atoms with Crippen molar-refractivity contribution >= 4 is 23.5 Å². The van der Waals surface area contributed by atoms with Gasteiger partial charge in [0.05, 0.1) is 7.11 Å². The molecular formula is C20H22N2O5. The van der Waals surface area contributed by atoms with Gasteiger partial charge >= 0.3 is 5.97 Å². The van der Waals surface area contributed by atoms with Gasteiger partial charge in [-0.25, -0.2) is 4.79 Å². The molecule has 2 atom stereocenters. The zero-order chi connectivity index (χ0) is 19.8. The van der Waals surface area contributed by atoms with E-state index in [9.17, 15) is 14.4 Å². The molecule has 0 radical (unpaired) electrons. The third-order valence-electron chi connectivity index (χ3n) is 3.76. The Hall–Kier alpha value is -3.35. The summed E-state index contributed by atoms with van der Waals surface area (Å²) in [6.45, 7) is 2.96. The highest BCUT2D eigenvalue weighted by Gasteiger charge is 2.23. The van der Waals surface area contributed by atoms with Gasteiger partial charge in [-0.15, -0.1) is 0 Å². The van der Waals surface area contributed by atoms with E-state index in [1.807, 2.05) is 0 Å². The van der Waals surface area contributed by atoms with Crippen molar-refractivity contribution in [1.82, 2.24) is 5.32 Å². The molecule has 7 heteroatoms. The number of nitrogens with one attached hydrogen (secondary N) is 2. The van der Waals surface area contributed by atoms with Gasteiger partial charge < -0.3 is 20.1 Å². The number of hydrogen-bond donors (Lipinski definition) is 2. The molecule has 142 valence electrons. The monoisotopic (exact) mass is 370 g/mol. The Morgan fingerprint density at radius 1 is 0.926 bits per heavy atom. The van der Waals surface area contributed by atoms with Crippen LogP contribution in [0.2, 0.25) is 0 Å². The molecule has 0 heterocycles. The van der Waals surface area contributed by atoms with Gasteiger partial charge in [-0.3, -0.25) is 9.59 Å². The Morgan fingerprint density at radius 3 is 2.15 bits per heavy atom. The highest BCUT2D eigenvalue weighted by molar-refractivity contribution is 5.98.